The summed E-state index contributed by atoms with van der Waals surface area (Å²) in [5, 5.41) is 3.80. The van der Waals surface area contributed by atoms with Crippen molar-refractivity contribution in [1.29, 1.82) is 0 Å². The summed E-state index contributed by atoms with van der Waals surface area (Å²) in [4.78, 5) is 15.0. The first-order chi connectivity index (χ1) is 9.58. The van der Waals surface area contributed by atoms with Gasteiger partial charge in [-0.15, -0.1) is 0 Å². The molecule has 4 N–H and O–H groups in total. The maximum absolute atomic E-state index is 11.8. The Labute approximate surface area is 120 Å². The lowest BCUT2D eigenvalue weighted by Crippen LogP contribution is -2.43. The Balaban J connectivity index is 1.95. The van der Waals surface area contributed by atoms with Gasteiger partial charge in [0.1, 0.15) is 0 Å². The number of fused-ring (bicyclic) bond motifs is 1. The lowest BCUT2D eigenvalue weighted by Gasteiger charge is -2.11. The van der Waals surface area contributed by atoms with Crippen molar-refractivity contribution in [2.24, 2.45) is 5.73 Å². The summed E-state index contributed by atoms with van der Waals surface area (Å²) >= 11 is 0. The fourth-order valence-electron chi connectivity index (χ4n) is 2.08. The van der Waals surface area contributed by atoms with Crippen LogP contribution in [0.1, 0.15) is 5.56 Å². The number of aromatic amines is 1. The molecule has 0 saturated carbocycles. The zero-order chi connectivity index (χ0) is 14.5. The molecule has 0 aliphatic heterocycles. The van der Waals surface area contributed by atoms with E-state index in [0.29, 0.717) is 18.7 Å². The van der Waals surface area contributed by atoms with Crippen LogP contribution in [0.5, 0.6) is 0 Å². The minimum atomic E-state index is -0.906. The molecule has 5 nitrogen and oxygen atoms in total. The second-order valence-electron chi connectivity index (χ2n) is 4.74. The molecule has 0 aliphatic carbocycles. The van der Waals surface area contributed by atoms with Gasteiger partial charge in [0, 0.05) is 46.5 Å². The molecule has 0 aliphatic rings. The highest BCUT2D eigenvalue weighted by atomic mass is 32.2. The van der Waals surface area contributed by atoms with E-state index < -0.39 is 16.8 Å². The van der Waals surface area contributed by atoms with E-state index in [0.717, 1.165) is 16.5 Å². The van der Waals surface area contributed by atoms with E-state index in [1.54, 1.807) is 6.26 Å². The summed E-state index contributed by atoms with van der Waals surface area (Å²) in [5.74, 6) is 0.242. The van der Waals surface area contributed by atoms with Gasteiger partial charge in [-0.25, -0.2) is 0 Å². The highest BCUT2D eigenvalue weighted by Gasteiger charge is 2.15. The van der Waals surface area contributed by atoms with Crippen LogP contribution in [0.2, 0.25) is 0 Å². The number of carbonyl (C=O) groups is 1. The first-order valence-corrected chi connectivity index (χ1v) is 8.19. The molecule has 0 spiro atoms. The van der Waals surface area contributed by atoms with Crippen molar-refractivity contribution in [1.82, 2.24) is 10.3 Å². The van der Waals surface area contributed by atoms with Crippen molar-refractivity contribution < 1.29 is 9.00 Å². The first kappa shape index (κ1) is 14.7. The topological polar surface area (TPSA) is 88.0 Å². The van der Waals surface area contributed by atoms with Crippen molar-refractivity contribution in [3.63, 3.8) is 0 Å². The number of nitrogens with two attached hydrogens (primary N) is 1. The van der Waals surface area contributed by atoms with Gasteiger partial charge in [-0.05, 0) is 18.1 Å². The number of amides is 1. The molecule has 1 amide bonds. The van der Waals surface area contributed by atoms with Gasteiger partial charge >= 0.3 is 0 Å². The Bertz CT molecular complexity index is 624. The summed E-state index contributed by atoms with van der Waals surface area (Å²) < 4.78 is 10.9. The molecule has 20 heavy (non-hydrogen) atoms. The number of carbonyl (C=O) groups excluding carboxylic acids is 1. The number of benzene rings is 1. The molecule has 0 radical (unpaired) electrons. The normalized spacial score (nSPS) is 14.1. The van der Waals surface area contributed by atoms with Gasteiger partial charge in [-0.1, -0.05) is 18.2 Å². The Morgan fingerprint density at radius 3 is 2.95 bits per heavy atom. The lowest BCUT2D eigenvalue weighted by atomic mass is 10.1. The number of nitrogens with one attached hydrogen (secondary N) is 2. The molecule has 0 fully saturated rings. The molecule has 108 valence electrons. The third kappa shape index (κ3) is 3.68. The summed E-state index contributed by atoms with van der Waals surface area (Å²) in [5.41, 5.74) is 7.98. The van der Waals surface area contributed by atoms with Gasteiger partial charge in [0.2, 0.25) is 5.91 Å². The largest absolute Gasteiger partial charge is 0.361 e. The Morgan fingerprint density at radius 2 is 2.20 bits per heavy atom. The maximum Gasteiger partial charge on any atom is 0.237 e. The minimum absolute atomic E-state index is 0.208. The van der Waals surface area contributed by atoms with Crippen LogP contribution in [0.25, 0.3) is 10.9 Å². The van der Waals surface area contributed by atoms with E-state index in [2.05, 4.69) is 10.3 Å². The fraction of sp³-hybridized carbons (Fsp3) is 0.357. The predicted octanol–water partition coefficient (Wildman–Crippen LogP) is 0.532. The maximum atomic E-state index is 11.8. The van der Waals surface area contributed by atoms with Crippen LogP contribution in [0, 0.1) is 0 Å². The minimum Gasteiger partial charge on any atom is -0.361 e. The number of aromatic nitrogens is 1. The van der Waals surface area contributed by atoms with Crippen LogP contribution in [0.15, 0.2) is 30.5 Å². The van der Waals surface area contributed by atoms with Crippen molar-refractivity contribution in [2.75, 3.05) is 18.6 Å². The van der Waals surface area contributed by atoms with E-state index in [1.807, 2.05) is 30.5 Å². The van der Waals surface area contributed by atoms with E-state index in [9.17, 15) is 9.00 Å². The van der Waals surface area contributed by atoms with Gasteiger partial charge in [-0.3, -0.25) is 9.00 Å². The zero-order valence-electron chi connectivity index (χ0n) is 11.4. The predicted molar refractivity (Wildman–Crippen MR) is 81.9 cm³/mol. The van der Waals surface area contributed by atoms with E-state index in [1.165, 1.54) is 0 Å². The standard InChI is InChI=1S/C14H19N3O2S/c1-20(19)7-6-16-14(18)12(15)8-10-9-17-13-5-3-2-4-11(10)13/h2-5,9,12,17H,6-8,15H2,1H3,(H,16,18). The molecule has 1 aromatic carbocycles. The lowest BCUT2D eigenvalue weighted by molar-refractivity contribution is -0.122. The van der Waals surface area contributed by atoms with Crippen molar-refractivity contribution >= 4 is 27.6 Å². The van der Waals surface area contributed by atoms with Gasteiger partial charge in [0.15, 0.2) is 0 Å². The monoisotopic (exact) mass is 293 g/mol. The third-order valence-electron chi connectivity index (χ3n) is 3.14. The number of hydrogen-bond acceptors (Lipinski definition) is 3. The molecule has 0 saturated heterocycles. The summed E-state index contributed by atoms with van der Waals surface area (Å²) in [6.07, 6.45) is 3.97. The van der Waals surface area contributed by atoms with Crippen LogP contribution >= 0.6 is 0 Å². The average Bonchev–Trinajstić information content (AvgIpc) is 2.81. The molecule has 6 heteroatoms. The molecule has 2 rings (SSSR count). The molecular weight excluding hydrogens is 274 g/mol. The van der Waals surface area contributed by atoms with E-state index in [4.69, 9.17) is 5.73 Å². The molecular formula is C14H19N3O2S. The summed E-state index contributed by atoms with van der Waals surface area (Å²) in [6, 6.07) is 7.31. The van der Waals surface area contributed by atoms with Crippen LogP contribution in [-0.4, -0.2) is 39.7 Å². The third-order valence-corrected chi connectivity index (χ3v) is 3.92. The molecule has 1 heterocycles. The highest BCUT2D eigenvalue weighted by molar-refractivity contribution is 7.84. The Hall–Kier alpha value is -1.66. The Kier molecular flexibility index (Phi) is 4.92. The SMILES string of the molecule is CS(=O)CCNC(=O)C(N)Cc1c[nH]c2ccccc12. The average molecular weight is 293 g/mol. The van der Waals surface area contributed by atoms with Crippen LogP contribution in [-0.2, 0) is 22.0 Å². The smallest absolute Gasteiger partial charge is 0.237 e. The van der Waals surface area contributed by atoms with Gasteiger partial charge in [0.05, 0.1) is 6.04 Å². The molecule has 1 aromatic heterocycles. The second-order valence-corrected chi connectivity index (χ2v) is 6.29. The van der Waals surface area contributed by atoms with Crippen LogP contribution < -0.4 is 11.1 Å². The highest BCUT2D eigenvalue weighted by Crippen LogP contribution is 2.18. The van der Waals surface area contributed by atoms with Crippen molar-refractivity contribution in [3.8, 4) is 0 Å². The van der Waals surface area contributed by atoms with Crippen LogP contribution in [0.3, 0.4) is 0 Å². The second kappa shape index (κ2) is 6.67. The number of hydrogen-bond donors (Lipinski definition) is 3. The fourth-order valence-corrected chi connectivity index (χ4v) is 2.47. The van der Waals surface area contributed by atoms with Gasteiger partial charge in [-0.2, -0.15) is 0 Å². The number of rotatable bonds is 6. The zero-order valence-corrected chi connectivity index (χ0v) is 12.2. The molecule has 0 bridgehead atoms. The van der Waals surface area contributed by atoms with Gasteiger partial charge < -0.3 is 16.0 Å². The summed E-state index contributed by atoms with van der Waals surface area (Å²) in [7, 11) is -0.906. The van der Waals surface area contributed by atoms with Crippen molar-refractivity contribution in [3.05, 3.63) is 36.0 Å². The van der Waals surface area contributed by atoms with E-state index >= 15 is 0 Å². The van der Waals surface area contributed by atoms with Gasteiger partial charge in [0.25, 0.3) is 0 Å². The number of para-hydroxylation sites is 1. The molecule has 2 unspecified atom stereocenters. The van der Waals surface area contributed by atoms with Crippen molar-refractivity contribution in [2.45, 2.75) is 12.5 Å². The first-order valence-electron chi connectivity index (χ1n) is 6.46. The molecule has 2 atom stereocenters. The quantitative estimate of drug-likeness (QED) is 0.726. The van der Waals surface area contributed by atoms with Crippen LogP contribution in [0.4, 0.5) is 0 Å². The summed E-state index contributed by atoms with van der Waals surface area (Å²) in [6.45, 7) is 0.392. The Morgan fingerprint density at radius 1 is 1.45 bits per heavy atom. The number of H-pyrrole nitrogens is 1. The van der Waals surface area contributed by atoms with E-state index in [-0.39, 0.29) is 5.91 Å². The molecule has 2 aromatic rings.